The second-order valence-corrected chi connectivity index (χ2v) is 4.85. The van der Waals surface area contributed by atoms with E-state index in [9.17, 15) is 9.59 Å². The first-order chi connectivity index (χ1) is 9.70. The Hall–Kier alpha value is -2.37. The van der Waals surface area contributed by atoms with E-state index in [1.165, 1.54) is 0 Å². The third kappa shape index (κ3) is 2.03. The number of para-hydroxylation sites is 2. The van der Waals surface area contributed by atoms with Gasteiger partial charge in [0.25, 0.3) is 0 Å². The maximum absolute atomic E-state index is 12.0. The molecule has 6 heteroatoms. The lowest BCUT2D eigenvalue weighted by Crippen LogP contribution is -2.29. The monoisotopic (exact) mass is 272 g/mol. The second kappa shape index (κ2) is 4.96. The second-order valence-electron chi connectivity index (χ2n) is 4.85. The number of carbonyl (C=O) groups excluding carboxylic acids is 2. The molecule has 0 saturated carbocycles. The van der Waals surface area contributed by atoms with Crippen LogP contribution in [0.4, 0.5) is 5.95 Å². The number of fused-ring (bicyclic) bond motifs is 3. The number of imidazole rings is 1. The van der Waals surface area contributed by atoms with Gasteiger partial charge in [-0.15, -0.1) is 0 Å². The van der Waals surface area contributed by atoms with Crippen molar-refractivity contribution in [1.29, 1.82) is 0 Å². The summed E-state index contributed by atoms with van der Waals surface area (Å²) in [6.45, 7) is 2.62. The van der Waals surface area contributed by atoms with Crippen molar-refractivity contribution in [2.24, 2.45) is 0 Å². The molecule has 104 valence electrons. The van der Waals surface area contributed by atoms with Crippen molar-refractivity contribution in [1.82, 2.24) is 14.9 Å². The molecule has 0 aliphatic carbocycles. The molecule has 0 saturated heterocycles. The first-order valence-electron chi connectivity index (χ1n) is 6.75. The Morgan fingerprint density at radius 1 is 1.45 bits per heavy atom. The minimum Gasteiger partial charge on any atom is -0.356 e. The molecule has 20 heavy (non-hydrogen) atoms. The fourth-order valence-corrected chi connectivity index (χ4v) is 2.46. The highest BCUT2D eigenvalue weighted by Crippen LogP contribution is 2.31. The minimum atomic E-state index is -0.519. The van der Waals surface area contributed by atoms with Crippen LogP contribution >= 0.6 is 0 Å². The molecule has 0 spiro atoms. The quantitative estimate of drug-likeness (QED) is 0.884. The molecule has 0 unspecified atom stereocenters. The largest absolute Gasteiger partial charge is 0.356 e. The minimum absolute atomic E-state index is 0.113. The maximum atomic E-state index is 12.0. The van der Waals surface area contributed by atoms with E-state index >= 15 is 0 Å². The Bertz CT molecular complexity index is 677. The number of nitrogens with one attached hydrogen (secondary N) is 2. The Morgan fingerprint density at radius 3 is 3.05 bits per heavy atom. The van der Waals surface area contributed by atoms with Crippen LogP contribution in [-0.2, 0) is 9.59 Å². The summed E-state index contributed by atoms with van der Waals surface area (Å²) in [4.78, 5) is 28.2. The van der Waals surface area contributed by atoms with E-state index in [0.717, 1.165) is 17.5 Å². The smallest absolute Gasteiger partial charge is 0.250 e. The normalized spacial score (nSPS) is 17.1. The Balaban J connectivity index is 1.90. The highest BCUT2D eigenvalue weighted by atomic mass is 16.2. The van der Waals surface area contributed by atoms with E-state index in [0.29, 0.717) is 12.5 Å². The van der Waals surface area contributed by atoms with Gasteiger partial charge in [0, 0.05) is 6.54 Å². The number of benzene rings is 1. The van der Waals surface area contributed by atoms with Crippen LogP contribution in [0.15, 0.2) is 24.3 Å². The molecule has 1 atom stereocenters. The number of aromatic nitrogens is 2. The average molecular weight is 272 g/mol. The summed E-state index contributed by atoms with van der Waals surface area (Å²) < 4.78 is 1.81. The molecule has 6 nitrogen and oxygen atoms in total. The lowest BCUT2D eigenvalue weighted by atomic mass is 10.2. The van der Waals surface area contributed by atoms with E-state index in [1.807, 2.05) is 35.8 Å². The molecule has 3 rings (SSSR count). The fourth-order valence-electron chi connectivity index (χ4n) is 2.46. The molecule has 2 N–H and O–H groups in total. The van der Waals surface area contributed by atoms with E-state index in [-0.39, 0.29) is 18.2 Å². The van der Waals surface area contributed by atoms with Crippen LogP contribution in [0.25, 0.3) is 11.0 Å². The van der Waals surface area contributed by atoms with Crippen molar-refractivity contribution in [2.45, 2.75) is 25.8 Å². The number of nitrogens with zero attached hydrogens (tertiary/aromatic N) is 2. The van der Waals surface area contributed by atoms with Gasteiger partial charge in [-0.25, -0.2) is 4.98 Å². The van der Waals surface area contributed by atoms with Gasteiger partial charge in [0.05, 0.1) is 17.5 Å². The highest BCUT2D eigenvalue weighted by Gasteiger charge is 2.34. The summed E-state index contributed by atoms with van der Waals surface area (Å²) >= 11 is 0. The molecule has 2 heterocycles. The molecule has 1 aliphatic rings. The summed E-state index contributed by atoms with van der Waals surface area (Å²) in [6, 6.07) is 7.07. The van der Waals surface area contributed by atoms with Crippen molar-refractivity contribution in [2.75, 3.05) is 11.9 Å². The molecule has 2 aromatic rings. The lowest BCUT2D eigenvalue weighted by molar-refractivity contribution is -0.126. The van der Waals surface area contributed by atoms with Gasteiger partial charge in [0.15, 0.2) is 0 Å². The summed E-state index contributed by atoms with van der Waals surface area (Å²) in [7, 11) is 0. The predicted octanol–water partition coefficient (Wildman–Crippen LogP) is 1.45. The van der Waals surface area contributed by atoms with Crippen LogP contribution < -0.4 is 10.6 Å². The molecule has 0 radical (unpaired) electrons. The van der Waals surface area contributed by atoms with Crippen LogP contribution in [0.1, 0.15) is 25.8 Å². The zero-order valence-electron chi connectivity index (χ0n) is 11.2. The molecule has 1 aromatic heterocycles. The molecule has 0 bridgehead atoms. The van der Waals surface area contributed by atoms with Crippen molar-refractivity contribution in [3.05, 3.63) is 24.3 Å². The molecular weight excluding hydrogens is 256 g/mol. The third-order valence-electron chi connectivity index (χ3n) is 3.40. The molecule has 0 fully saturated rings. The Kier molecular flexibility index (Phi) is 3.14. The SMILES string of the molecule is CCCNC(=O)C[C@@H]1C(=O)Nc2nc3ccccc3n21. The number of anilines is 1. The van der Waals surface area contributed by atoms with E-state index < -0.39 is 6.04 Å². The van der Waals surface area contributed by atoms with E-state index in [2.05, 4.69) is 15.6 Å². The summed E-state index contributed by atoms with van der Waals surface area (Å²) in [6.07, 6.45) is 1.01. The summed E-state index contributed by atoms with van der Waals surface area (Å²) in [5, 5.41) is 5.53. The van der Waals surface area contributed by atoms with Crippen LogP contribution in [0.5, 0.6) is 0 Å². The fraction of sp³-hybridized carbons (Fsp3) is 0.357. The van der Waals surface area contributed by atoms with Crippen molar-refractivity contribution < 1.29 is 9.59 Å². The number of rotatable bonds is 4. The van der Waals surface area contributed by atoms with Crippen LogP contribution in [0.2, 0.25) is 0 Å². The molecule has 1 aliphatic heterocycles. The van der Waals surface area contributed by atoms with Gasteiger partial charge in [-0.05, 0) is 18.6 Å². The maximum Gasteiger partial charge on any atom is 0.250 e. The van der Waals surface area contributed by atoms with Gasteiger partial charge >= 0.3 is 0 Å². The van der Waals surface area contributed by atoms with Crippen molar-refractivity contribution in [3.63, 3.8) is 0 Å². The molecule has 2 amide bonds. The molecule has 1 aromatic carbocycles. The number of amides is 2. The standard InChI is InChI=1S/C14H16N4O2/c1-2-7-15-12(19)8-11-13(20)17-14-16-9-5-3-4-6-10(9)18(11)14/h3-6,11H,2,7-8H2,1H3,(H,15,19)(H,16,17,20)/t11-/m1/s1. The van der Waals surface area contributed by atoms with Gasteiger partial charge in [0.2, 0.25) is 17.8 Å². The topological polar surface area (TPSA) is 76.0 Å². The Labute approximate surface area is 116 Å². The zero-order chi connectivity index (χ0) is 14.1. The number of hydrogen-bond donors (Lipinski definition) is 2. The van der Waals surface area contributed by atoms with Crippen LogP contribution in [0, 0.1) is 0 Å². The lowest BCUT2D eigenvalue weighted by Gasteiger charge is -2.11. The first-order valence-corrected chi connectivity index (χ1v) is 6.75. The summed E-state index contributed by atoms with van der Waals surface area (Å²) in [5.41, 5.74) is 1.69. The first kappa shape index (κ1) is 12.7. The molecular formula is C14H16N4O2. The van der Waals surface area contributed by atoms with Gasteiger partial charge in [-0.3, -0.25) is 19.5 Å². The van der Waals surface area contributed by atoms with Gasteiger partial charge < -0.3 is 5.32 Å². The van der Waals surface area contributed by atoms with E-state index in [1.54, 1.807) is 0 Å². The Morgan fingerprint density at radius 2 is 2.25 bits per heavy atom. The van der Waals surface area contributed by atoms with Gasteiger partial charge in [-0.1, -0.05) is 19.1 Å². The van der Waals surface area contributed by atoms with Gasteiger partial charge in [-0.2, -0.15) is 0 Å². The third-order valence-corrected chi connectivity index (χ3v) is 3.40. The van der Waals surface area contributed by atoms with Crippen LogP contribution in [0.3, 0.4) is 0 Å². The summed E-state index contributed by atoms with van der Waals surface area (Å²) in [5.74, 6) is 0.229. The van der Waals surface area contributed by atoms with Gasteiger partial charge in [0.1, 0.15) is 6.04 Å². The number of hydrogen-bond acceptors (Lipinski definition) is 3. The van der Waals surface area contributed by atoms with Crippen molar-refractivity contribution >= 4 is 28.8 Å². The highest BCUT2D eigenvalue weighted by molar-refractivity contribution is 6.01. The van der Waals surface area contributed by atoms with Crippen molar-refractivity contribution in [3.8, 4) is 0 Å². The zero-order valence-corrected chi connectivity index (χ0v) is 11.2. The van der Waals surface area contributed by atoms with E-state index in [4.69, 9.17) is 0 Å². The number of carbonyl (C=O) groups is 2. The average Bonchev–Trinajstić information content (AvgIpc) is 2.93. The predicted molar refractivity (Wildman–Crippen MR) is 75.3 cm³/mol. The van der Waals surface area contributed by atoms with Crippen LogP contribution in [-0.4, -0.2) is 27.9 Å².